The Morgan fingerprint density at radius 1 is 1.50 bits per heavy atom. The number of aryl methyl sites for hydroxylation is 1. The third kappa shape index (κ3) is 2.84. The molecule has 1 aromatic carbocycles. The van der Waals surface area contributed by atoms with E-state index in [-0.39, 0.29) is 5.82 Å². The Labute approximate surface area is 100 Å². The molecular weight excluding hydrogens is 225 g/mol. The second-order valence-electron chi connectivity index (χ2n) is 3.61. The number of nitrogens with zero attached hydrogens (tertiary/aromatic N) is 1. The van der Waals surface area contributed by atoms with Gasteiger partial charge in [-0.25, -0.2) is 4.39 Å². The SMILES string of the molecule is CCCC(C#N)=C(Cl)c1cc(F)ccc1C. The van der Waals surface area contributed by atoms with Crippen molar-refractivity contribution in [2.24, 2.45) is 0 Å². The maximum atomic E-state index is 13.1. The number of nitriles is 1. The van der Waals surface area contributed by atoms with Crippen LogP contribution in [0.4, 0.5) is 4.39 Å². The summed E-state index contributed by atoms with van der Waals surface area (Å²) < 4.78 is 13.1. The molecule has 0 bridgehead atoms. The van der Waals surface area contributed by atoms with Crippen molar-refractivity contribution in [3.05, 3.63) is 40.7 Å². The molecule has 0 amide bonds. The lowest BCUT2D eigenvalue weighted by Crippen LogP contribution is -1.90. The zero-order valence-corrected chi connectivity index (χ0v) is 10.1. The highest BCUT2D eigenvalue weighted by Gasteiger charge is 2.09. The van der Waals surface area contributed by atoms with Gasteiger partial charge in [0.15, 0.2) is 0 Å². The smallest absolute Gasteiger partial charge is 0.123 e. The van der Waals surface area contributed by atoms with Crippen molar-refractivity contribution >= 4 is 16.6 Å². The second kappa shape index (κ2) is 5.67. The molecule has 0 radical (unpaired) electrons. The number of allylic oxidation sites excluding steroid dienone is 1. The molecular formula is C13H13ClFN. The molecule has 0 atom stereocenters. The van der Waals surface area contributed by atoms with Crippen LogP contribution < -0.4 is 0 Å². The van der Waals surface area contributed by atoms with E-state index in [1.54, 1.807) is 6.07 Å². The molecule has 0 saturated heterocycles. The topological polar surface area (TPSA) is 23.8 Å². The summed E-state index contributed by atoms with van der Waals surface area (Å²) in [6.07, 6.45) is 1.46. The predicted octanol–water partition coefficient (Wildman–Crippen LogP) is 4.41. The Kier molecular flexibility index (Phi) is 4.52. The molecule has 0 fully saturated rings. The van der Waals surface area contributed by atoms with E-state index in [0.29, 0.717) is 22.6 Å². The fourth-order valence-electron chi connectivity index (χ4n) is 1.46. The summed E-state index contributed by atoms with van der Waals surface area (Å²) in [5.41, 5.74) is 1.99. The number of halogens is 2. The summed E-state index contributed by atoms with van der Waals surface area (Å²) in [6.45, 7) is 3.82. The summed E-state index contributed by atoms with van der Waals surface area (Å²) in [7, 11) is 0. The number of hydrogen-bond donors (Lipinski definition) is 0. The van der Waals surface area contributed by atoms with Crippen LogP contribution >= 0.6 is 11.6 Å². The van der Waals surface area contributed by atoms with Gasteiger partial charge >= 0.3 is 0 Å². The standard InChI is InChI=1S/C13H13ClFN/c1-3-4-10(8-16)13(14)12-7-11(15)6-5-9(12)2/h5-7H,3-4H2,1-2H3. The zero-order chi connectivity index (χ0) is 12.1. The van der Waals surface area contributed by atoms with Gasteiger partial charge in [0.1, 0.15) is 5.82 Å². The van der Waals surface area contributed by atoms with Gasteiger partial charge in [0.2, 0.25) is 0 Å². The van der Waals surface area contributed by atoms with Crippen LogP contribution in [0.15, 0.2) is 23.8 Å². The summed E-state index contributed by atoms with van der Waals surface area (Å²) in [4.78, 5) is 0. The first-order valence-electron chi connectivity index (χ1n) is 5.15. The first kappa shape index (κ1) is 12.7. The minimum atomic E-state index is -0.340. The molecule has 0 spiro atoms. The van der Waals surface area contributed by atoms with Gasteiger partial charge in [-0.05, 0) is 36.6 Å². The molecule has 0 unspecified atom stereocenters. The Balaban J connectivity index is 3.27. The van der Waals surface area contributed by atoms with Crippen LogP contribution in [-0.2, 0) is 0 Å². The molecule has 1 rings (SSSR count). The van der Waals surface area contributed by atoms with Gasteiger partial charge in [0, 0.05) is 5.57 Å². The Morgan fingerprint density at radius 2 is 2.19 bits per heavy atom. The first-order valence-corrected chi connectivity index (χ1v) is 5.53. The van der Waals surface area contributed by atoms with Gasteiger partial charge in [0.05, 0.1) is 11.1 Å². The van der Waals surface area contributed by atoms with Crippen molar-refractivity contribution < 1.29 is 4.39 Å². The third-order valence-electron chi connectivity index (χ3n) is 2.34. The molecule has 84 valence electrons. The van der Waals surface area contributed by atoms with Crippen LogP contribution in [0.3, 0.4) is 0 Å². The summed E-state index contributed by atoms with van der Waals surface area (Å²) in [6, 6.07) is 6.48. The minimum Gasteiger partial charge on any atom is -0.207 e. The molecule has 3 heteroatoms. The normalized spacial score (nSPS) is 11.9. The number of rotatable bonds is 3. The lowest BCUT2D eigenvalue weighted by atomic mass is 10.0. The van der Waals surface area contributed by atoms with Crippen molar-refractivity contribution in [3.8, 4) is 6.07 Å². The van der Waals surface area contributed by atoms with Crippen LogP contribution in [0, 0.1) is 24.1 Å². The van der Waals surface area contributed by atoms with Crippen LogP contribution in [0.25, 0.3) is 5.03 Å². The molecule has 0 saturated carbocycles. The highest BCUT2D eigenvalue weighted by molar-refractivity contribution is 6.49. The first-order chi connectivity index (χ1) is 7.60. The van der Waals surface area contributed by atoms with Gasteiger partial charge in [0.25, 0.3) is 0 Å². The van der Waals surface area contributed by atoms with Gasteiger partial charge in [-0.3, -0.25) is 0 Å². The highest BCUT2D eigenvalue weighted by Crippen LogP contribution is 2.28. The Morgan fingerprint density at radius 3 is 2.75 bits per heavy atom. The molecule has 0 N–H and O–H groups in total. The van der Waals surface area contributed by atoms with E-state index in [1.165, 1.54) is 12.1 Å². The highest BCUT2D eigenvalue weighted by atomic mass is 35.5. The summed E-state index contributed by atoms with van der Waals surface area (Å²) in [5, 5.41) is 9.33. The van der Waals surface area contributed by atoms with Gasteiger partial charge < -0.3 is 0 Å². The monoisotopic (exact) mass is 237 g/mol. The van der Waals surface area contributed by atoms with E-state index < -0.39 is 0 Å². The van der Waals surface area contributed by atoms with E-state index in [2.05, 4.69) is 6.07 Å². The molecule has 0 aromatic heterocycles. The summed E-state index contributed by atoms with van der Waals surface area (Å²) >= 11 is 6.12. The minimum absolute atomic E-state index is 0.340. The second-order valence-corrected chi connectivity index (χ2v) is 3.99. The molecule has 0 aliphatic carbocycles. The lowest BCUT2D eigenvalue weighted by molar-refractivity contribution is 0.627. The van der Waals surface area contributed by atoms with Crippen molar-refractivity contribution in [1.82, 2.24) is 0 Å². The van der Waals surface area contributed by atoms with Crippen LogP contribution in [0.1, 0.15) is 30.9 Å². The van der Waals surface area contributed by atoms with Crippen molar-refractivity contribution in [1.29, 1.82) is 5.26 Å². The van der Waals surface area contributed by atoms with Crippen LogP contribution in [-0.4, -0.2) is 0 Å². The zero-order valence-electron chi connectivity index (χ0n) is 9.35. The largest absolute Gasteiger partial charge is 0.207 e. The predicted molar refractivity (Wildman–Crippen MR) is 64.4 cm³/mol. The van der Waals surface area contributed by atoms with E-state index >= 15 is 0 Å². The van der Waals surface area contributed by atoms with Crippen molar-refractivity contribution in [3.63, 3.8) is 0 Å². The quantitative estimate of drug-likeness (QED) is 0.715. The van der Waals surface area contributed by atoms with Gasteiger partial charge in [-0.2, -0.15) is 5.26 Å². The average molecular weight is 238 g/mol. The van der Waals surface area contributed by atoms with E-state index in [0.717, 1.165) is 12.0 Å². The Bertz CT molecular complexity index is 457. The van der Waals surface area contributed by atoms with E-state index in [4.69, 9.17) is 16.9 Å². The van der Waals surface area contributed by atoms with Crippen LogP contribution in [0.5, 0.6) is 0 Å². The third-order valence-corrected chi connectivity index (χ3v) is 2.77. The molecule has 16 heavy (non-hydrogen) atoms. The molecule has 1 aromatic rings. The maximum Gasteiger partial charge on any atom is 0.123 e. The van der Waals surface area contributed by atoms with E-state index in [9.17, 15) is 4.39 Å². The van der Waals surface area contributed by atoms with Gasteiger partial charge in [-0.1, -0.05) is 31.0 Å². The molecule has 0 heterocycles. The van der Waals surface area contributed by atoms with Crippen LogP contribution in [0.2, 0.25) is 0 Å². The lowest BCUT2D eigenvalue weighted by Gasteiger charge is -2.06. The van der Waals surface area contributed by atoms with Crippen molar-refractivity contribution in [2.75, 3.05) is 0 Å². The average Bonchev–Trinajstić information content (AvgIpc) is 2.28. The molecule has 1 nitrogen and oxygen atoms in total. The fourth-order valence-corrected chi connectivity index (χ4v) is 1.80. The van der Waals surface area contributed by atoms with Gasteiger partial charge in [-0.15, -0.1) is 0 Å². The molecule has 0 aliphatic rings. The number of benzene rings is 1. The van der Waals surface area contributed by atoms with Crippen molar-refractivity contribution in [2.45, 2.75) is 26.7 Å². The maximum absolute atomic E-state index is 13.1. The van der Waals surface area contributed by atoms with E-state index in [1.807, 2.05) is 13.8 Å². The molecule has 0 aliphatic heterocycles. The Hall–Kier alpha value is -1.33. The summed E-state index contributed by atoms with van der Waals surface area (Å²) in [5.74, 6) is -0.340. The fraction of sp³-hybridized carbons (Fsp3) is 0.308. The number of hydrogen-bond acceptors (Lipinski definition) is 1.